The van der Waals surface area contributed by atoms with Crippen LogP contribution < -0.4 is 5.32 Å². The van der Waals surface area contributed by atoms with Gasteiger partial charge in [-0.05, 0) is 49.8 Å². The molecule has 114 valence electrons. The molecule has 1 aromatic heterocycles. The summed E-state index contributed by atoms with van der Waals surface area (Å²) in [5.41, 5.74) is 2.39. The number of para-hydroxylation sites is 2. The van der Waals surface area contributed by atoms with E-state index < -0.39 is 0 Å². The van der Waals surface area contributed by atoms with Crippen molar-refractivity contribution >= 4 is 11.0 Å². The van der Waals surface area contributed by atoms with Crippen molar-refractivity contribution in [3.05, 3.63) is 30.1 Å². The van der Waals surface area contributed by atoms with Crippen molar-refractivity contribution in [2.24, 2.45) is 11.8 Å². The number of fused-ring (bicyclic) bond motifs is 1. The van der Waals surface area contributed by atoms with Crippen molar-refractivity contribution in [2.75, 3.05) is 6.54 Å². The predicted molar refractivity (Wildman–Crippen MR) is 88.2 cm³/mol. The van der Waals surface area contributed by atoms with E-state index in [9.17, 15) is 0 Å². The molecule has 3 heteroatoms. The van der Waals surface area contributed by atoms with Crippen LogP contribution in [0.2, 0.25) is 0 Å². The fraction of sp³-hybridized carbons (Fsp3) is 0.611. The Labute approximate surface area is 127 Å². The van der Waals surface area contributed by atoms with Crippen LogP contribution in [0.25, 0.3) is 11.0 Å². The lowest BCUT2D eigenvalue weighted by Crippen LogP contribution is -2.23. The number of benzene rings is 1. The van der Waals surface area contributed by atoms with E-state index in [2.05, 4.69) is 48.0 Å². The maximum atomic E-state index is 4.81. The van der Waals surface area contributed by atoms with Crippen molar-refractivity contribution < 1.29 is 0 Å². The third-order valence-corrected chi connectivity index (χ3v) is 4.70. The Morgan fingerprint density at radius 3 is 2.90 bits per heavy atom. The molecule has 1 aromatic carbocycles. The fourth-order valence-corrected chi connectivity index (χ4v) is 3.63. The topological polar surface area (TPSA) is 29.9 Å². The van der Waals surface area contributed by atoms with Gasteiger partial charge < -0.3 is 9.88 Å². The van der Waals surface area contributed by atoms with E-state index in [1.165, 1.54) is 30.6 Å². The summed E-state index contributed by atoms with van der Waals surface area (Å²) in [4.78, 5) is 4.81. The van der Waals surface area contributed by atoms with Gasteiger partial charge in [-0.25, -0.2) is 4.98 Å². The second-order valence-corrected chi connectivity index (χ2v) is 6.58. The molecule has 0 radical (unpaired) electrons. The average molecular weight is 285 g/mol. The largest absolute Gasteiger partial charge is 0.327 e. The number of nitrogens with one attached hydrogen (secondary N) is 1. The third-order valence-electron chi connectivity index (χ3n) is 4.70. The molecule has 1 aliphatic carbocycles. The fourth-order valence-electron chi connectivity index (χ4n) is 3.63. The van der Waals surface area contributed by atoms with Crippen molar-refractivity contribution in [3.63, 3.8) is 0 Å². The van der Waals surface area contributed by atoms with Crippen LogP contribution in [0.3, 0.4) is 0 Å². The Hall–Kier alpha value is -1.35. The van der Waals surface area contributed by atoms with E-state index in [0.29, 0.717) is 0 Å². The number of nitrogens with zero attached hydrogens (tertiary/aromatic N) is 2. The highest BCUT2D eigenvalue weighted by Gasteiger charge is 2.20. The minimum Gasteiger partial charge on any atom is -0.327 e. The highest BCUT2D eigenvalue weighted by molar-refractivity contribution is 5.75. The zero-order chi connectivity index (χ0) is 14.7. The molecule has 1 N–H and O–H groups in total. The first-order valence-electron chi connectivity index (χ1n) is 8.42. The Morgan fingerprint density at radius 1 is 1.29 bits per heavy atom. The van der Waals surface area contributed by atoms with Gasteiger partial charge in [0.15, 0.2) is 0 Å². The van der Waals surface area contributed by atoms with Crippen LogP contribution in [-0.2, 0) is 13.1 Å². The summed E-state index contributed by atoms with van der Waals surface area (Å²) in [5.74, 6) is 2.97. The minimum atomic E-state index is 0.865. The van der Waals surface area contributed by atoms with Crippen LogP contribution in [0.15, 0.2) is 24.3 Å². The molecule has 2 atom stereocenters. The first-order chi connectivity index (χ1) is 10.3. The Bertz CT molecular complexity index is 587. The van der Waals surface area contributed by atoms with Gasteiger partial charge in [0.1, 0.15) is 5.82 Å². The van der Waals surface area contributed by atoms with Crippen molar-refractivity contribution in [2.45, 2.75) is 52.6 Å². The van der Waals surface area contributed by atoms with Gasteiger partial charge in [0, 0.05) is 6.54 Å². The molecule has 1 aliphatic rings. The third kappa shape index (κ3) is 3.29. The summed E-state index contributed by atoms with van der Waals surface area (Å²) in [6, 6.07) is 8.47. The average Bonchev–Trinajstić information content (AvgIpc) is 3.04. The van der Waals surface area contributed by atoms with E-state index in [4.69, 9.17) is 4.98 Å². The molecule has 21 heavy (non-hydrogen) atoms. The monoisotopic (exact) mass is 285 g/mol. The van der Waals surface area contributed by atoms with Gasteiger partial charge in [0.2, 0.25) is 0 Å². The van der Waals surface area contributed by atoms with Gasteiger partial charge in [-0.3, -0.25) is 0 Å². The van der Waals surface area contributed by atoms with Crippen LogP contribution in [0.4, 0.5) is 0 Å². The number of imidazole rings is 1. The van der Waals surface area contributed by atoms with E-state index in [0.717, 1.165) is 43.4 Å². The van der Waals surface area contributed by atoms with Crippen LogP contribution in [0.5, 0.6) is 0 Å². The smallest absolute Gasteiger partial charge is 0.123 e. The Kier molecular flexibility index (Phi) is 4.59. The molecule has 1 fully saturated rings. The highest BCUT2D eigenvalue weighted by Crippen LogP contribution is 2.29. The van der Waals surface area contributed by atoms with Crippen LogP contribution in [-0.4, -0.2) is 16.1 Å². The summed E-state index contributed by atoms with van der Waals surface area (Å²) in [6.07, 6.45) is 5.33. The molecule has 1 heterocycles. The maximum Gasteiger partial charge on any atom is 0.123 e. The quantitative estimate of drug-likeness (QED) is 0.870. The van der Waals surface area contributed by atoms with Gasteiger partial charge in [-0.2, -0.15) is 0 Å². The molecule has 3 nitrogen and oxygen atoms in total. The number of hydrogen-bond donors (Lipinski definition) is 1. The minimum absolute atomic E-state index is 0.865. The lowest BCUT2D eigenvalue weighted by molar-refractivity contribution is 0.462. The van der Waals surface area contributed by atoms with Gasteiger partial charge in [0.05, 0.1) is 17.6 Å². The summed E-state index contributed by atoms with van der Waals surface area (Å²) < 4.78 is 2.37. The van der Waals surface area contributed by atoms with E-state index >= 15 is 0 Å². The van der Waals surface area contributed by atoms with Gasteiger partial charge in [-0.1, -0.05) is 32.4 Å². The van der Waals surface area contributed by atoms with E-state index in [-0.39, 0.29) is 0 Å². The molecule has 2 aromatic rings. The number of aryl methyl sites for hydroxylation is 1. The molecule has 1 saturated carbocycles. The molecule has 0 amide bonds. The van der Waals surface area contributed by atoms with Crippen LogP contribution >= 0.6 is 0 Å². The number of hydrogen-bond acceptors (Lipinski definition) is 2. The molecule has 0 aliphatic heterocycles. The molecule has 0 saturated heterocycles. The molecular formula is C18H27N3. The van der Waals surface area contributed by atoms with Crippen molar-refractivity contribution in [1.29, 1.82) is 0 Å². The normalized spacial score (nSPS) is 22.2. The molecule has 0 spiro atoms. The summed E-state index contributed by atoms with van der Waals surface area (Å²) >= 11 is 0. The predicted octanol–water partition coefficient (Wildman–Crippen LogP) is 3.97. The molecule has 0 bridgehead atoms. The lowest BCUT2D eigenvalue weighted by Gasteiger charge is -2.12. The van der Waals surface area contributed by atoms with E-state index in [1.807, 2.05) is 0 Å². The van der Waals surface area contributed by atoms with Crippen LogP contribution in [0.1, 0.15) is 45.4 Å². The Morgan fingerprint density at radius 2 is 2.14 bits per heavy atom. The molecular weight excluding hydrogens is 258 g/mol. The van der Waals surface area contributed by atoms with E-state index in [1.54, 1.807) is 0 Å². The maximum absolute atomic E-state index is 4.81. The van der Waals surface area contributed by atoms with Gasteiger partial charge in [-0.15, -0.1) is 0 Å². The zero-order valence-electron chi connectivity index (χ0n) is 13.3. The second-order valence-electron chi connectivity index (χ2n) is 6.58. The van der Waals surface area contributed by atoms with Crippen LogP contribution in [0, 0.1) is 11.8 Å². The number of aromatic nitrogens is 2. The summed E-state index contributed by atoms with van der Waals surface area (Å²) in [7, 11) is 0. The SMILES string of the molecule is CCCn1c(CNCC2CCC(C)C2)nc2ccccc21. The highest BCUT2D eigenvalue weighted by atomic mass is 15.1. The lowest BCUT2D eigenvalue weighted by atomic mass is 10.1. The molecule has 2 unspecified atom stereocenters. The first-order valence-corrected chi connectivity index (χ1v) is 8.42. The van der Waals surface area contributed by atoms with Crippen molar-refractivity contribution in [1.82, 2.24) is 14.9 Å². The Balaban J connectivity index is 1.66. The standard InChI is InChI=1S/C18H27N3/c1-3-10-21-17-7-5-4-6-16(17)20-18(21)13-19-12-15-9-8-14(2)11-15/h4-7,14-15,19H,3,8-13H2,1-2H3. The first kappa shape index (κ1) is 14.6. The van der Waals surface area contributed by atoms with Gasteiger partial charge >= 0.3 is 0 Å². The summed E-state index contributed by atoms with van der Waals surface area (Å²) in [5, 5.41) is 3.64. The summed E-state index contributed by atoms with van der Waals surface area (Å²) in [6.45, 7) is 7.68. The number of rotatable bonds is 6. The second kappa shape index (κ2) is 6.61. The van der Waals surface area contributed by atoms with Crippen molar-refractivity contribution in [3.8, 4) is 0 Å². The zero-order valence-corrected chi connectivity index (χ0v) is 13.3. The molecule has 3 rings (SSSR count). The van der Waals surface area contributed by atoms with Gasteiger partial charge in [0.25, 0.3) is 0 Å².